The SMILES string of the molecule is CNC(=O)COc1cccc(NC(=O)CN2C(=O)C(C)Oc3ccccc32)c1. The molecule has 146 valence electrons. The zero-order valence-electron chi connectivity index (χ0n) is 15.6. The molecule has 0 saturated carbocycles. The first-order valence-electron chi connectivity index (χ1n) is 8.78. The highest BCUT2D eigenvalue weighted by Crippen LogP contribution is 2.33. The van der Waals surface area contributed by atoms with Gasteiger partial charge >= 0.3 is 0 Å². The fourth-order valence-corrected chi connectivity index (χ4v) is 2.75. The van der Waals surface area contributed by atoms with E-state index < -0.39 is 6.10 Å². The summed E-state index contributed by atoms with van der Waals surface area (Å²) in [5, 5.41) is 5.21. The number of ether oxygens (including phenoxy) is 2. The van der Waals surface area contributed by atoms with Crippen molar-refractivity contribution in [2.45, 2.75) is 13.0 Å². The van der Waals surface area contributed by atoms with E-state index in [1.54, 1.807) is 49.4 Å². The Morgan fingerprint density at radius 2 is 1.93 bits per heavy atom. The molecule has 0 fully saturated rings. The first-order chi connectivity index (χ1) is 13.5. The Hall–Kier alpha value is -3.55. The molecule has 1 atom stereocenters. The highest BCUT2D eigenvalue weighted by Gasteiger charge is 2.32. The molecule has 0 aliphatic carbocycles. The fraction of sp³-hybridized carbons (Fsp3) is 0.250. The van der Waals surface area contributed by atoms with Crippen molar-refractivity contribution in [2.75, 3.05) is 30.4 Å². The normalized spacial score (nSPS) is 15.3. The minimum atomic E-state index is -0.663. The Balaban J connectivity index is 1.67. The van der Waals surface area contributed by atoms with Crippen molar-refractivity contribution >= 4 is 29.1 Å². The largest absolute Gasteiger partial charge is 0.484 e. The quantitative estimate of drug-likeness (QED) is 0.789. The molecule has 1 aliphatic rings. The number of rotatable bonds is 6. The second-order valence-electron chi connectivity index (χ2n) is 6.19. The maximum absolute atomic E-state index is 12.5. The number of hydrogen-bond acceptors (Lipinski definition) is 5. The number of nitrogens with zero attached hydrogens (tertiary/aromatic N) is 1. The minimum Gasteiger partial charge on any atom is -0.484 e. The Labute approximate surface area is 162 Å². The predicted octanol–water partition coefficient (Wildman–Crippen LogP) is 1.56. The van der Waals surface area contributed by atoms with Crippen LogP contribution < -0.4 is 25.0 Å². The maximum atomic E-state index is 12.5. The van der Waals surface area contributed by atoms with Crippen LogP contribution in [-0.2, 0) is 14.4 Å². The van der Waals surface area contributed by atoms with Gasteiger partial charge in [-0.3, -0.25) is 19.3 Å². The second-order valence-corrected chi connectivity index (χ2v) is 6.19. The van der Waals surface area contributed by atoms with Gasteiger partial charge in [-0.05, 0) is 31.2 Å². The first kappa shape index (κ1) is 19.2. The zero-order valence-corrected chi connectivity index (χ0v) is 15.6. The van der Waals surface area contributed by atoms with Crippen LogP contribution in [0.5, 0.6) is 11.5 Å². The number of para-hydroxylation sites is 2. The number of fused-ring (bicyclic) bond motifs is 1. The number of amides is 3. The number of nitrogens with one attached hydrogen (secondary N) is 2. The maximum Gasteiger partial charge on any atom is 0.268 e. The van der Waals surface area contributed by atoms with Gasteiger partial charge in [0.1, 0.15) is 18.0 Å². The highest BCUT2D eigenvalue weighted by atomic mass is 16.5. The van der Waals surface area contributed by atoms with Crippen LogP contribution in [0.15, 0.2) is 48.5 Å². The van der Waals surface area contributed by atoms with Gasteiger partial charge in [0.05, 0.1) is 5.69 Å². The second kappa shape index (κ2) is 8.43. The van der Waals surface area contributed by atoms with E-state index >= 15 is 0 Å². The summed E-state index contributed by atoms with van der Waals surface area (Å²) in [6.45, 7) is 1.38. The van der Waals surface area contributed by atoms with Gasteiger partial charge in [-0.15, -0.1) is 0 Å². The Morgan fingerprint density at radius 1 is 1.14 bits per heavy atom. The van der Waals surface area contributed by atoms with Crippen molar-refractivity contribution < 1.29 is 23.9 Å². The topological polar surface area (TPSA) is 97.0 Å². The molecule has 8 nitrogen and oxygen atoms in total. The lowest BCUT2D eigenvalue weighted by Crippen LogP contribution is -2.47. The van der Waals surface area contributed by atoms with Gasteiger partial charge in [-0.25, -0.2) is 0 Å². The molecule has 3 rings (SSSR count). The van der Waals surface area contributed by atoms with E-state index in [9.17, 15) is 14.4 Å². The van der Waals surface area contributed by atoms with Gasteiger partial charge in [-0.2, -0.15) is 0 Å². The van der Waals surface area contributed by atoms with Gasteiger partial charge < -0.3 is 20.1 Å². The summed E-state index contributed by atoms with van der Waals surface area (Å²) in [5.41, 5.74) is 1.06. The fourth-order valence-electron chi connectivity index (χ4n) is 2.75. The van der Waals surface area contributed by atoms with Crippen LogP contribution in [0.4, 0.5) is 11.4 Å². The molecule has 0 spiro atoms. The van der Waals surface area contributed by atoms with Gasteiger partial charge in [0.15, 0.2) is 12.7 Å². The molecule has 3 amide bonds. The number of anilines is 2. The van der Waals surface area contributed by atoms with E-state index in [2.05, 4.69) is 10.6 Å². The summed E-state index contributed by atoms with van der Waals surface area (Å²) in [6.07, 6.45) is -0.663. The van der Waals surface area contributed by atoms with Crippen LogP contribution in [0.2, 0.25) is 0 Å². The zero-order chi connectivity index (χ0) is 20.1. The van der Waals surface area contributed by atoms with Crippen molar-refractivity contribution in [1.82, 2.24) is 5.32 Å². The van der Waals surface area contributed by atoms with E-state index in [1.807, 2.05) is 6.07 Å². The summed E-state index contributed by atoms with van der Waals surface area (Å²) in [6, 6.07) is 13.8. The molecule has 8 heteroatoms. The molecule has 1 aliphatic heterocycles. The number of carbonyl (C=O) groups excluding carboxylic acids is 3. The van der Waals surface area contributed by atoms with E-state index in [0.29, 0.717) is 22.9 Å². The van der Waals surface area contributed by atoms with Gasteiger partial charge in [-0.1, -0.05) is 18.2 Å². The summed E-state index contributed by atoms with van der Waals surface area (Å²) in [5.74, 6) is 0.111. The molecule has 2 aromatic carbocycles. The summed E-state index contributed by atoms with van der Waals surface area (Å²) in [4.78, 5) is 37.7. The van der Waals surface area contributed by atoms with Crippen LogP contribution in [0, 0.1) is 0 Å². The van der Waals surface area contributed by atoms with Crippen LogP contribution in [0.3, 0.4) is 0 Å². The van der Waals surface area contributed by atoms with Crippen molar-refractivity contribution in [3.8, 4) is 11.5 Å². The molecule has 2 N–H and O–H groups in total. The highest BCUT2D eigenvalue weighted by molar-refractivity contribution is 6.06. The monoisotopic (exact) mass is 383 g/mol. The minimum absolute atomic E-state index is 0.120. The Kier molecular flexibility index (Phi) is 5.78. The van der Waals surface area contributed by atoms with Crippen molar-refractivity contribution in [3.63, 3.8) is 0 Å². The lowest BCUT2D eigenvalue weighted by Gasteiger charge is -2.32. The number of hydrogen-bond donors (Lipinski definition) is 2. The van der Waals surface area contributed by atoms with Gasteiger partial charge in [0, 0.05) is 18.8 Å². The third-order valence-electron chi connectivity index (χ3n) is 4.14. The van der Waals surface area contributed by atoms with E-state index in [1.165, 1.54) is 11.9 Å². The summed E-state index contributed by atoms with van der Waals surface area (Å²) < 4.78 is 10.9. The van der Waals surface area contributed by atoms with Crippen LogP contribution in [0.1, 0.15) is 6.92 Å². The lowest BCUT2D eigenvalue weighted by molar-refractivity contribution is -0.127. The molecule has 0 saturated heterocycles. The number of likely N-dealkylation sites (N-methyl/N-ethyl adjacent to an activating group) is 1. The van der Waals surface area contributed by atoms with E-state index in [4.69, 9.17) is 9.47 Å². The molecule has 0 aromatic heterocycles. The molecule has 28 heavy (non-hydrogen) atoms. The van der Waals surface area contributed by atoms with Crippen LogP contribution >= 0.6 is 0 Å². The predicted molar refractivity (Wildman–Crippen MR) is 104 cm³/mol. The Morgan fingerprint density at radius 3 is 2.71 bits per heavy atom. The van der Waals surface area contributed by atoms with Crippen molar-refractivity contribution in [3.05, 3.63) is 48.5 Å². The summed E-state index contributed by atoms with van der Waals surface area (Å²) in [7, 11) is 1.52. The molecule has 0 bridgehead atoms. The average Bonchev–Trinajstić information content (AvgIpc) is 2.69. The molecule has 0 radical (unpaired) electrons. The molecular formula is C20H21N3O5. The Bertz CT molecular complexity index is 899. The van der Waals surface area contributed by atoms with Crippen molar-refractivity contribution in [1.29, 1.82) is 0 Å². The third-order valence-corrected chi connectivity index (χ3v) is 4.14. The molecule has 2 aromatic rings. The first-order valence-corrected chi connectivity index (χ1v) is 8.78. The number of benzene rings is 2. The summed E-state index contributed by atoms with van der Waals surface area (Å²) >= 11 is 0. The lowest BCUT2D eigenvalue weighted by atomic mass is 10.2. The average molecular weight is 383 g/mol. The smallest absolute Gasteiger partial charge is 0.268 e. The molecular weight excluding hydrogens is 362 g/mol. The third kappa shape index (κ3) is 4.40. The van der Waals surface area contributed by atoms with Crippen molar-refractivity contribution in [2.24, 2.45) is 0 Å². The van der Waals surface area contributed by atoms with Crippen LogP contribution in [-0.4, -0.2) is 44.0 Å². The standard InChI is InChI=1S/C20H21N3O5/c1-13-20(26)23(16-8-3-4-9-17(16)28-13)11-18(24)22-14-6-5-7-15(10-14)27-12-19(25)21-2/h3-10,13H,11-12H2,1-2H3,(H,21,25)(H,22,24). The van der Waals surface area contributed by atoms with Crippen LogP contribution in [0.25, 0.3) is 0 Å². The van der Waals surface area contributed by atoms with E-state index in [0.717, 1.165) is 0 Å². The molecule has 1 heterocycles. The van der Waals surface area contributed by atoms with E-state index in [-0.39, 0.29) is 30.9 Å². The molecule has 1 unspecified atom stereocenters. The van der Waals surface area contributed by atoms with Gasteiger partial charge in [0.2, 0.25) is 5.91 Å². The number of carbonyl (C=O) groups is 3. The van der Waals surface area contributed by atoms with Gasteiger partial charge in [0.25, 0.3) is 11.8 Å².